The van der Waals surface area contributed by atoms with Crippen LogP contribution in [0.4, 0.5) is 5.95 Å². The van der Waals surface area contributed by atoms with E-state index in [0.29, 0.717) is 10.8 Å². The van der Waals surface area contributed by atoms with E-state index in [4.69, 9.17) is 16.3 Å². The number of benzene rings is 1. The SMILES string of the molecule is Cc1nnn(-c2ccc(OCC[C@H]3C[C@H]3C3CCN(c4ncc(Cl)cn4)CC3)cc2)n1. The molecule has 1 saturated carbocycles. The summed E-state index contributed by atoms with van der Waals surface area (Å²) in [7, 11) is 0. The molecule has 0 bridgehead atoms. The van der Waals surface area contributed by atoms with Gasteiger partial charge in [-0.3, -0.25) is 0 Å². The molecule has 0 spiro atoms. The lowest BCUT2D eigenvalue weighted by molar-refractivity contribution is 0.284. The van der Waals surface area contributed by atoms with Gasteiger partial charge in [-0.05, 0) is 79.8 Å². The van der Waals surface area contributed by atoms with Crippen LogP contribution in [-0.4, -0.2) is 49.9 Å². The van der Waals surface area contributed by atoms with Crippen molar-refractivity contribution in [2.45, 2.75) is 32.6 Å². The van der Waals surface area contributed by atoms with Crippen LogP contribution in [0.15, 0.2) is 36.7 Å². The molecule has 2 aliphatic rings. The number of rotatable bonds is 7. The van der Waals surface area contributed by atoms with E-state index in [1.165, 1.54) is 24.1 Å². The van der Waals surface area contributed by atoms with Crippen molar-refractivity contribution in [1.82, 2.24) is 30.2 Å². The van der Waals surface area contributed by atoms with E-state index in [1.807, 2.05) is 31.2 Å². The minimum absolute atomic E-state index is 0.583. The molecule has 3 aromatic rings. The summed E-state index contributed by atoms with van der Waals surface area (Å²) in [5.74, 6) is 4.79. The number of ether oxygens (including phenoxy) is 1. The van der Waals surface area contributed by atoms with Gasteiger partial charge < -0.3 is 9.64 Å². The number of piperidine rings is 1. The Bertz CT molecular complexity index is 999. The van der Waals surface area contributed by atoms with Crippen molar-refractivity contribution in [2.24, 2.45) is 17.8 Å². The second-order valence-corrected chi connectivity index (χ2v) is 8.88. The van der Waals surface area contributed by atoms with Gasteiger partial charge in [0.1, 0.15) is 5.75 Å². The fraction of sp³-hybridized carbons (Fsp3) is 0.500. The molecule has 31 heavy (non-hydrogen) atoms. The molecule has 1 saturated heterocycles. The van der Waals surface area contributed by atoms with E-state index >= 15 is 0 Å². The Kier molecular flexibility index (Phi) is 5.72. The summed E-state index contributed by atoms with van der Waals surface area (Å²) in [4.78, 5) is 12.5. The van der Waals surface area contributed by atoms with Crippen molar-refractivity contribution in [3.8, 4) is 11.4 Å². The molecule has 9 heteroatoms. The fourth-order valence-corrected chi connectivity index (χ4v) is 4.67. The molecule has 3 heterocycles. The molecule has 2 atom stereocenters. The third-order valence-electron chi connectivity index (χ3n) is 6.35. The molecule has 0 unspecified atom stereocenters. The van der Waals surface area contributed by atoms with Gasteiger partial charge in [0.15, 0.2) is 5.82 Å². The van der Waals surface area contributed by atoms with E-state index in [9.17, 15) is 0 Å². The summed E-state index contributed by atoms with van der Waals surface area (Å²) in [5.41, 5.74) is 0.880. The number of aryl methyl sites for hydroxylation is 1. The van der Waals surface area contributed by atoms with Crippen LogP contribution in [0.25, 0.3) is 5.69 Å². The average Bonchev–Trinajstić information content (AvgIpc) is 3.44. The van der Waals surface area contributed by atoms with Crippen molar-refractivity contribution in [2.75, 3.05) is 24.6 Å². The maximum Gasteiger partial charge on any atom is 0.225 e. The van der Waals surface area contributed by atoms with E-state index in [0.717, 1.165) is 61.3 Å². The topological polar surface area (TPSA) is 81.9 Å². The van der Waals surface area contributed by atoms with E-state index in [-0.39, 0.29) is 0 Å². The number of hydrogen-bond acceptors (Lipinski definition) is 7. The summed E-state index contributed by atoms with van der Waals surface area (Å²) >= 11 is 5.89. The van der Waals surface area contributed by atoms with Crippen molar-refractivity contribution in [3.05, 3.63) is 47.5 Å². The highest BCUT2D eigenvalue weighted by Crippen LogP contribution is 2.49. The zero-order valence-electron chi connectivity index (χ0n) is 17.6. The molecule has 2 fully saturated rings. The molecule has 1 aliphatic heterocycles. The Morgan fingerprint density at radius 3 is 2.52 bits per heavy atom. The Hall–Kier alpha value is -2.74. The number of hydrogen-bond donors (Lipinski definition) is 0. The first-order chi connectivity index (χ1) is 15.2. The highest BCUT2D eigenvalue weighted by atomic mass is 35.5. The van der Waals surface area contributed by atoms with E-state index < -0.39 is 0 Å². The monoisotopic (exact) mass is 439 g/mol. The van der Waals surface area contributed by atoms with Crippen LogP contribution in [-0.2, 0) is 0 Å². The van der Waals surface area contributed by atoms with Crippen molar-refractivity contribution >= 4 is 17.5 Å². The summed E-state index contributed by atoms with van der Waals surface area (Å²) in [6, 6.07) is 7.84. The maximum atomic E-state index is 5.97. The van der Waals surface area contributed by atoms with E-state index in [1.54, 1.807) is 12.4 Å². The zero-order chi connectivity index (χ0) is 21.2. The van der Waals surface area contributed by atoms with Crippen molar-refractivity contribution < 1.29 is 4.74 Å². The molecule has 8 nitrogen and oxygen atoms in total. The molecule has 0 N–H and O–H groups in total. The molecule has 162 valence electrons. The Balaban J connectivity index is 1.03. The van der Waals surface area contributed by atoms with Crippen LogP contribution in [0.1, 0.15) is 31.5 Å². The number of halogens is 1. The van der Waals surface area contributed by atoms with Gasteiger partial charge in [0, 0.05) is 13.1 Å². The lowest BCUT2D eigenvalue weighted by atomic mass is 9.90. The van der Waals surface area contributed by atoms with Gasteiger partial charge in [-0.2, -0.15) is 0 Å². The molecule has 5 rings (SSSR count). The van der Waals surface area contributed by atoms with Crippen LogP contribution in [0.5, 0.6) is 5.75 Å². The van der Waals surface area contributed by atoms with Crippen molar-refractivity contribution in [3.63, 3.8) is 0 Å². The largest absolute Gasteiger partial charge is 0.494 e. The van der Waals surface area contributed by atoms with E-state index in [2.05, 4.69) is 30.3 Å². The molecular formula is C22H26ClN7O. The second-order valence-electron chi connectivity index (χ2n) is 8.44. The predicted molar refractivity (Wildman–Crippen MR) is 118 cm³/mol. The molecule has 1 aromatic carbocycles. The Morgan fingerprint density at radius 1 is 1.10 bits per heavy atom. The van der Waals surface area contributed by atoms with Crippen LogP contribution in [0, 0.1) is 24.7 Å². The third-order valence-corrected chi connectivity index (χ3v) is 6.55. The summed E-state index contributed by atoms with van der Waals surface area (Å²) < 4.78 is 5.97. The lowest BCUT2D eigenvalue weighted by Crippen LogP contribution is -2.35. The van der Waals surface area contributed by atoms with Crippen LogP contribution >= 0.6 is 11.6 Å². The van der Waals surface area contributed by atoms with Crippen molar-refractivity contribution in [1.29, 1.82) is 0 Å². The summed E-state index contributed by atoms with van der Waals surface area (Å²) in [5, 5.41) is 12.7. The zero-order valence-corrected chi connectivity index (χ0v) is 18.3. The predicted octanol–water partition coefficient (Wildman–Crippen LogP) is 3.74. The van der Waals surface area contributed by atoms with Gasteiger partial charge in [-0.25, -0.2) is 9.97 Å². The Morgan fingerprint density at radius 2 is 1.84 bits per heavy atom. The normalized spacial score (nSPS) is 21.3. The lowest BCUT2D eigenvalue weighted by Gasteiger charge is -2.32. The van der Waals surface area contributed by atoms with Gasteiger partial charge in [0.2, 0.25) is 5.95 Å². The first-order valence-electron chi connectivity index (χ1n) is 10.9. The fourth-order valence-electron chi connectivity index (χ4n) is 4.57. The molecular weight excluding hydrogens is 414 g/mol. The van der Waals surface area contributed by atoms with Crippen LogP contribution in [0.3, 0.4) is 0 Å². The minimum Gasteiger partial charge on any atom is -0.494 e. The van der Waals surface area contributed by atoms with Gasteiger partial charge in [0.05, 0.1) is 29.7 Å². The number of aromatic nitrogens is 6. The summed E-state index contributed by atoms with van der Waals surface area (Å²) in [6.07, 6.45) is 8.23. The first-order valence-corrected chi connectivity index (χ1v) is 11.3. The number of nitrogens with zero attached hydrogens (tertiary/aromatic N) is 7. The highest BCUT2D eigenvalue weighted by molar-refractivity contribution is 6.30. The van der Waals surface area contributed by atoms with Gasteiger partial charge >= 0.3 is 0 Å². The maximum absolute atomic E-state index is 5.97. The number of tetrazole rings is 1. The molecule has 0 radical (unpaired) electrons. The van der Waals surface area contributed by atoms with Gasteiger partial charge in [-0.1, -0.05) is 11.6 Å². The van der Waals surface area contributed by atoms with Gasteiger partial charge in [-0.15, -0.1) is 15.0 Å². The van der Waals surface area contributed by atoms with Crippen LogP contribution < -0.4 is 9.64 Å². The summed E-state index contributed by atoms with van der Waals surface area (Å²) in [6.45, 7) is 4.64. The third kappa shape index (κ3) is 4.79. The Labute approximate surface area is 186 Å². The minimum atomic E-state index is 0.583. The first kappa shape index (κ1) is 20.2. The standard InChI is InChI=1S/C22H26ClN7O/c1-15-26-28-30(27-15)19-2-4-20(5-3-19)31-11-8-17-12-21(17)16-6-9-29(10-7-16)22-24-13-18(23)14-25-22/h2-5,13-14,16-17,21H,6-12H2,1H3/t17-,21-/m0/s1. The van der Waals surface area contributed by atoms with Gasteiger partial charge in [0.25, 0.3) is 0 Å². The quantitative estimate of drug-likeness (QED) is 0.554. The molecule has 0 amide bonds. The smallest absolute Gasteiger partial charge is 0.225 e. The second kappa shape index (κ2) is 8.78. The molecule has 2 aromatic heterocycles. The molecule has 1 aliphatic carbocycles. The van der Waals surface area contributed by atoms with Crippen LogP contribution in [0.2, 0.25) is 5.02 Å². The number of anilines is 1. The highest BCUT2D eigenvalue weighted by Gasteiger charge is 2.43. The average molecular weight is 440 g/mol.